The van der Waals surface area contributed by atoms with Gasteiger partial charge in [0, 0.05) is 12.3 Å². The second-order valence-corrected chi connectivity index (χ2v) is 11.3. The molecule has 3 atom stereocenters. The number of esters is 1. The number of carbonyl (C=O) groups is 1. The molecule has 0 amide bonds. The first kappa shape index (κ1) is 33.3. The minimum Gasteiger partial charge on any atom is -0.469 e. The Kier molecular flexibility index (Phi) is 17.1. The second-order valence-electron chi connectivity index (χ2n) is 11.3. The summed E-state index contributed by atoms with van der Waals surface area (Å²) in [7, 11) is 1.45. The second kappa shape index (κ2) is 20.0. The Morgan fingerprint density at radius 2 is 1.72 bits per heavy atom. The lowest BCUT2D eigenvalue weighted by molar-refractivity contribution is -0.437. The Balaban J connectivity index is 1.86. The predicted octanol–water partition coefficient (Wildman–Crippen LogP) is 9.38. The van der Waals surface area contributed by atoms with Crippen LogP contribution >= 0.6 is 0 Å². The summed E-state index contributed by atoms with van der Waals surface area (Å²) in [5.41, 5.74) is 1.34. The zero-order valence-corrected chi connectivity index (χ0v) is 25.1. The third-order valence-electron chi connectivity index (χ3n) is 7.38. The number of benzene rings is 1. The summed E-state index contributed by atoms with van der Waals surface area (Å²) in [4.78, 5) is 23.3. The first-order valence-electron chi connectivity index (χ1n) is 15.4. The van der Waals surface area contributed by atoms with E-state index in [-0.39, 0.29) is 18.2 Å². The number of carbonyl (C=O) groups excluding carboxylic acids is 1. The molecule has 1 aliphatic rings. The van der Waals surface area contributed by atoms with E-state index in [0.717, 1.165) is 57.8 Å². The lowest BCUT2D eigenvalue weighted by Gasteiger charge is -2.37. The van der Waals surface area contributed by atoms with Crippen LogP contribution in [0.2, 0.25) is 0 Å². The maximum atomic E-state index is 11.3. The normalized spacial score (nSPS) is 19.1. The number of methoxy groups -OCH3 is 1. The van der Waals surface area contributed by atoms with Gasteiger partial charge in [-0.1, -0.05) is 113 Å². The number of hydrogen-bond acceptors (Lipinski definition) is 5. The molecule has 0 aromatic heterocycles. The molecule has 1 fully saturated rings. The average molecular weight is 543 g/mol. The van der Waals surface area contributed by atoms with Crippen molar-refractivity contribution in [1.29, 1.82) is 0 Å². The smallest absolute Gasteiger partial charge is 0.305 e. The van der Waals surface area contributed by atoms with E-state index in [9.17, 15) is 4.79 Å². The SMILES string of the molecule is CCCCC/C=C\C=C\C(CCCCCCCC(=O)OC)OOC(C)(C)O[C@@H]1CCCC[C@H]1c1ccccc1. The van der Waals surface area contributed by atoms with Crippen LogP contribution in [-0.2, 0) is 24.0 Å². The summed E-state index contributed by atoms with van der Waals surface area (Å²) in [6.07, 6.45) is 24.5. The molecule has 5 heteroatoms. The minimum atomic E-state index is -0.842. The topological polar surface area (TPSA) is 54.0 Å². The summed E-state index contributed by atoms with van der Waals surface area (Å²) in [5.74, 6) is -0.581. The lowest BCUT2D eigenvalue weighted by Crippen LogP contribution is -2.38. The average Bonchev–Trinajstić information content (AvgIpc) is 2.94. The van der Waals surface area contributed by atoms with E-state index in [0.29, 0.717) is 12.3 Å². The van der Waals surface area contributed by atoms with Crippen LogP contribution in [0.1, 0.15) is 129 Å². The van der Waals surface area contributed by atoms with Gasteiger partial charge in [0.2, 0.25) is 0 Å². The Labute approximate surface area is 238 Å². The van der Waals surface area contributed by atoms with Crippen LogP contribution in [-0.4, -0.2) is 31.1 Å². The fraction of sp³-hybridized carbons (Fsp3) is 0.676. The molecule has 2 rings (SSSR count). The molecule has 1 saturated carbocycles. The Hall–Kier alpha value is -1.95. The van der Waals surface area contributed by atoms with Crippen molar-refractivity contribution >= 4 is 5.97 Å². The molecule has 0 radical (unpaired) electrons. The first-order chi connectivity index (χ1) is 18.9. The van der Waals surface area contributed by atoms with Gasteiger partial charge in [0.1, 0.15) is 6.10 Å². The van der Waals surface area contributed by atoms with Crippen molar-refractivity contribution in [2.75, 3.05) is 7.11 Å². The Bertz CT molecular complexity index is 816. The molecule has 220 valence electrons. The monoisotopic (exact) mass is 542 g/mol. The van der Waals surface area contributed by atoms with Crippen LogP contribution in [0.15, 0.2) is 54.6 Å². The number of hydrogen-bond donors (Lipinski definition) is 0. The van der Waals surface area contributed by atoms with Gasteiger partial charge < -0.3 is 9.47 Å². The van der Waals surface area contributed by atoms with E-state index in [2.05, 4.69) is 61.6 Å². The van der Waals surface area contributed by atoms with Gasteiger partial charge in [0.15, 0.2) is 5.79 Å². The van der Waals surface area contributed by atoms with Gasteiger partial charge >= 0.3 is 5.97 Å². The summed E-state index contributed by atoms with van der Waals surface area (Å²) >= 11 is 0. The number of allylic oxidation sites excluding steroid dienone is 3. The van der Waals surface area contributed by atoms with Crippen LogP contribution in [0.4, 0.5) is 0 Å². The highest BCUT2D eigenvalue weighted by molar-refractivity contribution is 5.68. The van der Waals surface area contributed by atoms with Gasteiger partial charge in [-0.2, -0.15) is 0 Å². The summed E-state index contributed by atoms with van der Waals surface area (Å²) in [6.45, 7) is 6.14. The van der Waals surface area contributed by atoms with Crippen molar-refractivity contribution < 1.29 is 24.0 Å². The van der Waals surface area contributed by atoms with Crippen molar-refractivity contribution in [2.24, 2.45) is 0 Å². The summed E-state index contributed by atoms with van der Waals surface area (Å²) < 4.78 is 11.3. The van der Waals surface area contributed by atoms with Gasteiger partial charge in [0.05, 0.1) is 13.2 Å². The molecule has 1 unspecified atom stereocenters. The largest absolute Gasteiger partial charge is 0.469 e. The van der Waals surface area contributed by atoms with Crippen molar-refractivity contribution in [1.82, 2.24) is 0 Å². The first-order valence-corrected chi connectivity index (χ1v) is 15.4. The van der Waals surface area contributed by atoms with Gasteiger partial charge in [-0.3, -0.25) is 4.79 Å². The van der Waals surface area contributed by atoms with Crippen LogP contribution in [0.3, 0.4) is 0 Å². The van der Waals surface area contributed by atoms with E-state index in [1.807, 2.05) is 13.8 Å². The number of ether oxygens (including phenoxy) is 2. The van der Waals surface area contributed by atoms with Crippen LogP contribution in [0.25, 0.3) is 0 Å². The molecule has 1 aromatic rings. The van der Waals surface area contributed by atoms with Crippen molar-refractivity contribution in [2.45, 2.75) is 141 Å². The molecule has 1 aromatic carbocycles. The number of rotatable bonds is 20. The highest BCUT2D eigenvalue weighted by Gasteiger charge is 2.34. The molecule has 0 bridgehead atoms. The van der Waals surface area contributed by atoms with Crippen molar-refractivity contribution in [3.63, 3.8) is 0 Å². The van der Waals surface area contributed by atoms with E-state index in [1.165, 1.54) is 44.8 Å². The highest BCUT2D eigenvalue weighted by atomic mass is 17.2. The Morgan fingerprint density at radius 3 is 2.49 bits per heavy atom. The van der Waals surface area contributed by atoms with E-state index in [4.69, 9.17) is 19.2 Å². The molecule has 5 nitrogen and oxygen atoms in total. The molecule has 0 aliphatic heterocycles. The summed E-state index contributed by atoms with van der Waals surface area (Å²) in [6, 6.07) is 10.7. The van der Waals surface area contributed by atoms with Gasteiger partial charge in [-0.05, 0) is 57.9 Å². The van der Waals surface area contributed by atoms with Crippen LogP contribution < -0.4 is 0 Å². The van der Waals surface area contributed by atoms with E-state index < -0.39 is 5.79 Å². The van der Waals surface area contributed by atoms with Gasteiger partial charge in [-0.25, -0.2) is 9.78 Å². The molecule has 0 spiro atoms. The van der Waals surface area contributed by atoms with Gasteiger partial charge in [0.25, 0.3) is 0 Å². The van der Waals surface area contributed by atoms with Gasteiger partial charge in [-0.15, -0.1) is 0 Å². The third kappa shape index (κ3) is 14.9. The predicted molar refractivity (Wildman–Crippen MR) is 159 cm³/mol. The zero-order chi connectivity index (χ0) is 28.2. The maximum absolute atomic E-state index is 11.3. The maximum Gasteiger partial charge on any atom is 0.305 e. The molecule has 39 heavy (non-hydrogen) atoms. The molecule has 0 heterocycles. The molecular weight excluding hydrogens is 488 g/mol. The van der Waals surface area contributed by atoms with E-state index in [1.54, 1.807) is 0 Å². The zero-order valence-electron chi connectivity index (χ0n) is 25.1. The lowest BCUT2D eigenvalue weighted by atomic mass is 9.81. The molecule has 0 N–H and O–H groups in total. The molecular formula is C34H54O5. The minimum absolute atomic E-state index is 0.116. The van der Waals surface area contributed by atoms with Crippen LogP contribution in [0.5, 0.6) is 0 Å². The highest BCUT2D eigenvalue weighted by Crippen LogP contribution is 2.37. The quantitative estimate of drug-likeness (QED) is 0.0410. The summed E-state index contributed by atoms with van der Waals surface area (Å²) in [5, 5.41) is 0. The Morgan fingerprint density at radius 1 is 0.974 bits per heavy atom. The number of unbranched alkanes of at least 4 members (excludes halogenated alkanes) is 7. The van der Waals surface area contributed by atoms with E-state index >= 15 is 0 Å². The van der Waals surface area contributed by atoms with Crippen molar-refractivity contribution in [3.8, 4) is 0 Å². The standard InChI is InChI=1S/C34H54O5/c1-5-6-7-8-9-11-17-24-30(25-18-12-10-13-19-28-33(35)36-4)38-39-34(2,3)37-32-27-21-20-26-31(32)29-22-15-14-16-23-29/h9,11,14-17,22-24,30-32H,5-8,10,12-13,18-21,25-28H2,1-4H3/b11-9-,24-17+/t30?,31-,32+/m0/s1. The fourth-order valence-electron chi connectivity index (χ4n) is 5.18. The fourth-order valence-corrected chi connectivity index (χ4v) is 5.18. The third-order valence-corrected chi connectivity index (χ3v) is 7.38. The molecule has 0 saturated heterocycles. The van der Waals surface area contributed by atoms with Crippen LogP contribution in [0, 0.1) is 0 Å². The van der Waals surface area contributed by atoms with Crippen molar-refractivity contribution in [3.05, 3.63) is 60.2 Å². The molecule has 1 aliphatic carbocycles.